The Kier molecular flexibility index (Phi) is 4.82. The van der Waals surface area contributed by atoms with Crippen molar-refractivity contribution >= 4 is 16.7 Å². The van der Waals surface area contributed by atoms with Crippen molar-refractivity contribution in [3.63, 3.8) is 0 Å². The van der Waals surface area contributed by atoms with Gasteiger partial charge in [0.25, 0.3) is 5.91 Å². The maximum atomic E-state index is 13.1. The molecule has 2 N–H and O–H groups in total. The van der Waals surface area contributed by atoms with Crippen LogP contribution in [0.2, 0.25) is 0 Å². The molecule has 1 saturated heterocycles. The minimum Gasteiger partial charge on any atom is -0.385 e. The van der Waals surface area contributed by atoms with Crippen LogP contribution in [-0.2, 0) is 5.60 Å². The summed E-state index contributed by atoms with van der Waals surface area (Å²) in [7, 11) is 0. The molecule has 0 bridgehead atoms. The molecular formula is C25H26N2O3. The van der Waals surface area contributed by atoms with Gasteiger partial charge in [0.05, 0.1) is 5.60 Å². The van der Waals surface area contributed by atoms with Crippen LogP contribution in [0.25, 0.3) is 10.8 Å². The molecule has 0 aromatic heterocycles. The van der Waals surface area contributed by atoms with Crippen LogP contribution in [0.4, 0.5) is 0 Å². The Hall–Kier alpha value is -2.73. The number of hydrogen-bond acceptors (Lipinski definition) is 4. The third kappa shape index (κ3) is 3.19. The van der Waals surface area contributed by atoms with Crippen LogP contribution >= 0.6 is 0 Å². The van der Waals surface area contributed by atoms with Gasteiger partial charge in [-0.15, -0.1) is 0 Å². The van der Waals surface area contributed by atoms with E-state index in [2.05, 4.69) is 4.90 Å². The van der Waals surface area contributed by atoms with E-state index in [1.54, 1.807) is 4.90 Å². The second-order valence-electron chi connectivity index (χ2n) is 8.36. The predicted octanol–water partition coefficient (Wildman–Crippen LogP) is 3.27. The zero-order chi connectivity index (χ0) is 20.7. The third-order valence-electron chi connectivity index (χ3n) is 6.65. The second-order valence-corrected chi connectivity index (χ2v) is 8.36. The van der Waals surface area contributed by atoms with Crippen LogP contribution < -0.4 is 0 Å². The van der Waals surface area contributed by atoms with Gasteiger partial charge in [-0.05, 0) is 29.9 Å². The zero-order valence-electron chi connectivity index (χ0n) is 16.9. The molecule has 2 aliphatic heterocycles. The van der Waals surface area contributed by atoms with E-state index in [9.17, 15) is 15.0 Å². The normalized spacial score (nSPS) is 21.2. The molecule has 1 amide bonds. The number of rotatable bonds is 4. The molecule has 2 heterocycles. The van der Waals surface area contributed by atoms with Crippen molar-refractivity contribution < 1.29 is 15.0 Å². The Labute approximate surface area is 176 Å². The van der Waals surface area contributed by atoms with Crippen molar-refractivity contribution in [2.45, 2.75) is 24.7 Å². The SMILES string of the molecule is O=C1c2cccc3cccc(c23)C(O)N1CCN1CCC(O)(c2ccccc2)CC1. The van der Waals surface area contributed by atoms with Crippen molar-refractivity contribution in [1.29, 1.82) is 0 Å². The van der Waals surface area contributed by atoms with Crippen LogP contribution in [-0.4, -0.2) is 52.1 Å². The molecule has 5 rings (SSSR count). The maximum Gasteiger partial charge on any atom is 0.256 e. The van der Waals surface area contributed by atoms with Gasteiger partial charge in [0.2, 0.25) is 0 Å². The first-order valence-electron chi connectivity index (χ1n) is 10.6. The molecule has 1 unspecified atom stereocenters. The number of benzene rings is 3. The van der Waals surface area contributed by atoms with E-state index < -0.39 is 11.8 Å². The van der Waals surface area contributed by atoms with Gasteiger partial charge in [0.1, 0.15) is 0 Å². The van der Waals surface area contributed by atoms with Crippen molar-refractivity contribution in [1.82, 2.24) is 9.80 Å². The summed E-state index contributed by atoms with van der Waals surface area (Å²) in [6, 6.07) is 21.3. The molecule has 1 fully saturated rings. The fourth-order valence-corrected chi connectivity index (χ4v) is 4.85. The van der Waals surface area contributed by atoms with E-state index >= 15 is 0 Å². The molecule has 2 aliphatic rings. The lowest BCUT2D eigenvalue weighted by molar-refractivity contribution is -0.0337. The van der Waals surface area contributed by atoms with Gasteiger partial charge in [-0.1, -0.05) is 60.7 Å². The molecule has 3 aromatic rings. The average Bonchev–Trinajstić information content (AvgIpc) is 2.79. The Morgan fingerprint density at radius 2 is 1.60 bits per heavy atom. The van der Waals surface area contributed by atoms with E-state index in [1.807, 2.05) is 66.7 Å². The van der Waals surface area contributed by atoms with Gasteiger partial charge in [-0.3, -0.25) is 4.79 Å². The Morgan fingerprint density at radius 1 is 0.900 bits per heavy atom. The lowest BCUT2D eigenvalue weighted by Gasteiger charge is -2.40. The second kappa shape index (κ2) is 7.51. The van der Waals surface area contributed by atoms with E-state index in [1.165, 1.54) is 0 Å². The number of carbonyl (C=O) groups excluding carboxylic acids is 1. The number of aliphatic hydroxyl groups is 2. The molecule has 30 heavy (non-hydrogen) atoms. The summed E-state index contributed by atoms with van der Waals surface area (Å²) in [5, 5.41) is 23.8. The third-order valence-corrected chi connectivity index (χ3v) is 6.65. The minimum absolute atomic E-state index is 0.121. The molecule has 0 radical (unpaired) electrons. The predicted molar refractivity (Wildman–Crippen MR) is 116 cm³/mol. The van der Waals surface area contributed by atoms with E-state index in [0.29, 0.717) is 31.5 Å². The van der Waals surface area contributed by atoms with Gasteiger partial charge < -0.3 is 20.0 Å². The maximum absolute atomic E-state index is 13.1. The van der Waals surface area contributed by atoms with Crippen LogP contribution in [0.3, 0.4) is 0 Å². The van der Waals surface area contributed by atoms with Gasteiger partial charge >= 0.3 is 0 Å². The van der Waals surface area contributed by atoms with Gasteiger partial charge in [0.15, 0.2) is 6.23 Å². The number of nitrogens with zero attached hydrogens (tertiary/aromatic N) is 2. The lowest BCUT2D eigenvalue weighted by Crippen LogP contribution is -2.47. The molecular weight excluding hydrogens is 376 g/mol. The average molecular weight is 402 g/mol. The Bertz CT molecular complexity index is 1070. The van der Waals surface area contributed by atoms with Crippen LogP contribution in [0, 0.1) is 0 Å². The monoisotopic (exact) mass is 402 g/mol. The summed E-state index contributed by atoms with van der Waals surface area (Å²) < 4.78 is 0. The van der Waals surface area contributed by atoms with Gasteiger partial charge in [0, 0.05) is 42.7 Å². The zero-order valence-corrected chi connectivity index (χ0v) is 16.9. The topological polar surface area (TPSA) is 64.0 Å². The summed E-state index contributed by atoms with van der Waals surface area (Å²) in [5.41, 5.74) is 1.63. The highest BCUT2D eigenvalue weighted by molar-refractivity contribution is 6.10. The fourth-order valence-electron chi connectivity index (χ4n) is 4.85. The highest BCUT2D eigenvalue weighted by Crippen LogP contribution is 2.36. The quantitative estimate of drug-likeness (QED) is 0.703. The first-order valence-corrected chi connectivity index (χ1v) is 10.6. The fraction of sp³-hybridized carbons (Fsp3) is 0.320. The van der Waals surface area contributed by atoms with Gasteiger partial charge in [-0.2, -0.15) is 0 Å². The van der Waals surface area contributed by atoms with Crippen molar-refractivity contribution in [3.05, 3.63) is 83.4 Å². The number of amides is 1. The molecule has 0 aliphatic carbocycles. The summed E-state index contributed by atoms with van der Waals surface area (Å²) in [5.74, 6) is -0.121. The smallest absolute Gasteiger partial charge is 0.256 e. The molecule has 5 heteroatoms. The van der Waals surface area contributed by atoms with Crippen molar-refractivity contribution in [2.75, 3.05) is 26.2 Å². The first kappa shape index (κ1) is 19.2. The summed E-state index contributed by atoms with van der Waals surface area (Å²) >= 11 is 0. The summed E-state index contributed by atoms with van der Waals surface area (Å²) in [4.78, 5) is 16.9. The van der Waals surface area contributed by atoms with E-state index in [0.717, 1.165) is 35.0 Å². The number of likely N-dealkylation sites (tertiary alicyclic amines) is 1. The first-order chi connectivity index (χ1) is 14.6. The number of hydrogen-bond donors (Lipinski definition) is 2. The van der Waals surface area contributed by atoms with Crippen LogP contribution in [0.15, 0.2) is 66.7 Å². The van der Waals surface area contributed by atoms with Crippen molar-refractivity contribution in [2.24, 2.45) is 0 Å². The summed E-state index contributed by atoms with van der Waals surface area (Å²) in [6.45, 7) is 2.64. The van der Waals surface area contributed by atoms with Crippen molar-refractivity contribution in [3.8, 4) is 0 Å². The van der Waals surface area contributed by atoms with Gasteiger partial charge in [-0.25, -0.2) is 0 Å². The minimum atomic E-state index is -0.929. The van der Waals surface area contributed by atoms with E-state index in [-0.39, 0.29) is 5.91 Å². The lowest BCUT2D eigenvalue weighted by atomic mass is 9.84. The van der Waals surface area contributed by atoms with Crippen LogP contribution in [0.5, 0.6) is 0 Å². The highest BCUT2D eigenvalue weighted by atomic mass is 16.3. The highest BCUT2D eigenvalue weighted by Gasteiger charge is 2.36. The molecule has 154 valence electrons. The standard InChI is InChI=1S/C25H26N2O3/c28-23-20-10-4-6-18-7-5-11-21(22(18)20)24(29)27(23)17-16-26-14-12-25(30,13-15-26)19-8-2-1-3-9-19/h1-11,23,28,30H,12-17H2. The van der Waals surface area contributed by atoms with E-state index in [4.69, 9.17) is 0 Å². The number of piperidine rings is 1. The Morgan fingerprint density at radius 3 is 2.33 bits per heavy atom. The van der Waals surface area contributed by atoms with Crippen LogP contribution in [0.1, 0.15) is 40.6 Å². The molecule has 0 spiro atoms. The molecule has 0 saturated carbocycles. The summed E-state index contributed by atoms with van der Waals surface area (Å²) in [6.07, 6.45) is 0.396. The molecule has 3 aromatic carbocycles. The largest absolute Gasteiger partial charge is 0.385 e. The molecule has 1 atom stereocenters. The Balaban J connectivity index is 1.27. The molecule has 5 nitrogen and oxygen atoms in total. The number of aliphatic hydroxyl groups excluding tert-OH is 1. The number of carbonyl (C=O) groups is 1.